The first-order valence-electron chi connectivity index (χ1n) is 10.0. The fraction of sp³-hybridized carbons (Fsp3) is 1.00. The molecule has 0 saturated heterocycles. The molecule has 3 nitrogen and oxygen atoms in total. The first-order chi connectivity index (χ1) is 11.1. The summed E-state index contributed by atoms with van der Waals surface area (Å²) in [5, 5.41) is 0. The average Bonchev–Trinajstić information content (AvgIpc) is 2.49. The molecule has 0 rings (SSSR count). The summed E-state index contributed by atoms with van der Waals surface area (Å²) in [7, 11) is -2.01. The third-order valence-corrected chi connectivity index (χ3v) is 4.99. The maximum absolute atomic E-state index is 10.9. The molecule has 0 amide bonds. The van der Waals surface area contributed by atoms with Gasteiger partial charge in [-0.2, -0.15) is 0 Å². The largest absolute Gasteiger partial charge is 0.333 e. The van der Waals surface area contributed by atoms with Crippen molar-refractivity contribution in [2.45, 2.75) is 110 Å². The van der Waals surface area contributed by atoms with Crippen molar-refractivity contribution in [2.75, 3.05) is 6.61 Å². The first kappa shape index (κ1) is 23.2. The Morgan fingerprint density at radius 3 is 1.30 bits per heavy atom. The lowest BCUT2D eigenvalue weighted by Gasteiger charge is -2.07. The molecule has 1 N–H and O–H groups in total. The Morgan fingerprint density at radius 2 is 1.00 bits per heavy atom. The van der Waals surface area contributed by atoms with Crippen LogP contribution >= 0.6 is 7.47 Å². The number of rotatable bonds is 18. The standard InChI is InChI=1S/C18H40BO3P/c1-2-3-4-5-6-7-8-9-10-11-12-13-14-15-16-17-18-22-23(19,20)21/h2-19H2,1H3,(H,20,21). The van der Waals surface area contributed by atoms with Gasteiger partial charge in [0.1, 0.15) is 0 Å². The molecule has 0 spiro atoms. The number of hydrogen-bond acceptors (Lipinski definition) is 2. The van der Waals surface area contributed by atoms with Crippen LogP contribution in [0.1, 0.15) is 110 Å². The van der Waals surface area contributed by atoms with Crippen molar-refractivity contribution in [2.24, 2.45) is 0 Å². The van der Waals surface area contributed by atoms with Crippen molar-refractivity contribution in [1.29, 1.82) is 0 Å². The molecule has 1 atom stereocenters. The summed E-state index contributed by atoms with van der Waals surface area (Å²) in [6.45, 7) is 2.69. The van der Waals surface area contributed by atoms with E-state index in [9.17, 15) is 4.57 Å². The molecule has 23 heavy (non-hydrogen) atoms. The van der Waals surface area contributed by atoms with Gasteiger partial charge in [0.05, 0.1) is 6.61 Å². The molecule has 138 valence electrons. The van der Waals surface area contributed by atoms with Crippen molar-refractivity contribution in [3.8, 4) is 0 Å². The van der Waals surface area contributed by atoms with E-state index in [0.717, 1.165) is 12.8 Å². The van der Waals surface area contributed by atoms with Gasteiger partial charge in [-0.3, -0.25) is 4.57 Å². The van der Waals surface area contributed by atoms with Gasteiger partial charge < -0.3 is 9.42 Å². The van der Waals surface area contributed by atoms with Crippen LogP contribution in [0.25, 0.3) is 0 Å². The van der Waals surface area contributed by atoms with Crippen LogP contribution in [0.2, 0.25) is 0 Å². The van der Waals surface area contributed by atoms with Gasteiger partial charge in [0.2, 0.25) is 0 Å². The zero-order chi connectivity index (χ0) is 17.2. The highest BCUT2D eigenvalue weighted by Crippen LogP contribution is 2.35. The minimum atomic E-state index is -3.26. The van der Waals surface area contributed by atoms with E-state index in [-0.39, 0.29) is 0 Å². The van der Waals surface area contributed by atoms with E-state index in [4.69, 9.17) is 9.42 Å². The predicted octanol–water partition coefficient (Wildman–Crippen LogP) is 6.00. The van der Waals surface area contributed by atoms with Gasteiger partial charge in [0, 0.05) is 0 Å². The zero-order valence-electron chi connectivity index (χ0n) is 15.7. The van der Waals surface area contributed by atoms with E-state index < -0.39 is 7.47 Å². The van der Waals surface area contributed by atoms with E-state index in [1.165, 1.54) is 97.5 Å². The highest BCUT2D eigenvalue weighted by molar-refractivity contribution is 7.78. The van der Waals surface area contributed by atoms with Gasteiger partial charge in [-0.25, -0.2) is 0 Å². The smallest absolute Gasteiger partial charge is 0.268 e. The van der Waals surface area contributed by atoms with Crippen LogP contribution in [0.15, 0.2) is 0 Å². The van der Waals surface area contributed by atoms with Crippen molar-refractivity contribution in [3.63, 3.8) is 0 Å². The Balaban J connectivity index is 3.01. The molecule has 0 aromatic heterocycles. The van der Waals surface area contributed by atoms with Crippen molar-refractivity contribution in [3.05, 3.63) is 0 Å². The molecule has 0 bridgehead atoms. The van der Waals surface area contributed by atoms with Crippen LogP contribution < -0.4 is 0 Å². The third-order valence-electron chi connectivity index (χ3n) is 4.33. The van der Waals surface area contributed by atoms with E-state index in [0.29, 0.717) is 6.61 Å². The molecule has 1 unspecified atom stereocenters. The summed E-state index contributed by atoms with van der Waals surface area (Å²) in [6, 6.07) is 0. The van der Waals surface area contributed by atoms with E-state index in [1.54, 1.807) is 0 Å². The summed E-state index contributed by atoms with van der Waals surface area (Å²) in [5.41, 5.74) is 0. The zero-order valence-corrected chi connectivity index (χ0v) is 16.6. The molecule has 0 aliphatic carbocycles. The Bertz CT molecular complexity index is 281. The lowest BCUT2D eigenvalue weighted by Crippen LogP contribution is -1.92. The maximum Gasteiger partial charge on any atom is 0.268 e. The molecule has 5 heteroatoms. The highest BCUT2D eigenvalue weighted by atomic mass is 31.2. The van der Waals surface area contributed by atoms with E-state index >= 15 is 0 Å². The van der Waals surface area contributed by atoms with Crippen LogP contribution in [0.3, 0.4) is 0 Å². The minimum absolute atomic E-state index is 0.419. The molecule has 0 saturated carbocycles. The van der Waals surface area contributed by atoms with Crippen molar-refractivity contribution < 1.29 is 14.0 Å². The molecular weight excluding hydrogens is 306 g/mol. The van der Waals surface area contributed by atoms with Crippen LogP contribution in [0.5, 0.6) is 0 Å². The first-order valence-corrected chi connectivity index (χ1v) is 12.0. The Morgan fingerprint density at radius 1 is 0.696 bits per heavy atom. The fourth-order valence-electron chi connectivity index (χ4n) is 2.88. The minimum Gasteiger partial charge on any atom is -0.333 e. The van der Waals surface area contributed by atoms with Gasteiger partial charge in [-0.15, -0.1) is 0 Å². The van der Waals surface area contributed by atoms with Gasteiger partial charge in [-0.05, 0) is 6.42 Å². The summed E-state index contributed by atoms with van der Waals surface area (Å²) in [6.07, 6.45) is 21.4. The molecule has 0 aromatic rings. The molecule has 0 aliphatic rings. The average molecular weight is 346 g/mol. The second kappa shape index (κ2) is 17.1. The Kier molecular flexibility index (Phi) is 17.2. The monoisotopic (exact) mass is 346 g/mol. The topological polar surface area (TPSA) is 46.5 Å². The quantitative estimate of drug-likeness (QED) is 0.188. The summed E-state index contributed by atoms with van der Waals surface area (Å²) < 4.78 is 15.8. The summed E-state index contributed by atoms with van der Waals surface area (Å²) in [4.78, 5) is 8.98. The third kappa shape index (κ3) is 22.2. The van der Waals surface area contributed by atoms with E-state index in [2.05, 4.69) is 6.92 Å². The summed E-state index contributed by atoms with van der Waals surface area (Å²) >= 11 is 0. The predicted molar refractivity (Wildman–Crippen MR) is 104 cm³/mol. The van der Waals surface area contributed by atoms with Crippen LogP contribution in [0, 0.1) is 0 Å². The normalized spacial score (nSPS) is 14.0. The number of hydrogen-bond donors (Lipinski definition) is 1. The van der Waals surface area contributed by atoms with Crippen molar-refractivity contribution >= 4 is 15.0 Å². The van der Waals surface area contributed by atoms with Crippen LogP contribution in [-0.2, 0) is 9.09 Å². The van der Waals surface area contributed by atoms with Crippen molar-refractivity contribution in [1.82, 2.24) is 0 Å². The Hall–Kier alpha value is 0.215. The van der Waals surface area contributed by atoms with Gasteiger partial charge >= 0.3 is 0 Å². The van der Waals surface area contributed by atoms with E-state index in [1.807, 2.05) is 0 Å². The molecule has 0 aromatic carbocycles. The molecular formula is C18H40BO3P. The van der Waals surface area contributed by atoms with Gasteiger partial charge in [0.15, 0.2) is 0 Å². The number of unbranched alkanes of at least 4 members (excludes halogenated alkanes) is 15. The fourth-order valence-corrected chi connectivity index (χ4v) is 3.35. The molecule has 0 aliphatic heterocycles. The second-order valence-corrected chi connectivity index (χ2v) is 8.80. The SMILES string of the molecule is BP(=O)(O)OCCCCCCCCCCCCCCCCCC. The highest BCUT2D eigenvalue weighted by Gasteiger charge is 2.07. The lowest BCUT2D eigenvalue weighted by atomic mass is 10.0. The molecule has 0 radical (unpaired) electrons. The van der Waals surface area contributed by atoms with Crippen LogP contribution in [-0.4, -0.2) is 19.1 Å². The lowest BCUT2D eigenvalue weighted by molar-refractivity contribution is 0.266. The molecule has 0 fully saturated rings. The summed E-state index contributed by atoms with van der Waals surface area (Å²) in [5.74, 6) is 0. The van der Waals surface area contributed by atoms with Gasteiger partial charge in [-0.1, -0.05) is 103 Å². The van der Waals surface area contributed by atoms with Gasteiger partial charge in [0.25, 0.3) is 15.0 Å². The molecule has 0 heterocycles. The van der Waals surface area contributed by atoms with Crippen LogP contribution in [0.4, 0.5) is 0 Å². The second-order valence-electron chi connectivity index (χ2n) is 6.94. The maximum atomic E-state index is 10.9. The Labute approximate surface area is 145 Å².